The van der Waals surface area contributed by atoms with Crippen LogP contribution in [0, 0.1) is 5.92 Å². The number of aromatic hydroxyl groups is 1. The lowest BCUT2D eigenvalue weighted by Gasteiger charge is -2.36. The van der Waals surface area contributed by atoms with Crippen molar-refractivity contribution < 1.29 is 9.84 Å². The molecule has 0 radical (unpaired) electrons. The zero-order valence-electron chi connectivity index (χ0n) is 12.5. The number of halogens is 3. The first-order chi connectivity index (χ1) is 9.70. The predicted octanol–water partition coefficient (Wildman–Crippen LogP) is 3.36. The molecule has 1 aromatic carbocycles. The molecule has 0 amide bonds. The van der Waals surface area contributed by atoms with Gasteiger partial charge < -0.3 is 15.2 Å². The zero-order chi connectivity index (χ0) is 14.1. The maximum absolute atomic E-state index is 10.5. The van der Waals surface area contributed by atoms with Crippen molar-refractivity contribution in [2.75, 3.05) is 33.3 Å². The minimum atomic E-state index is 0. The Kier molecular flexibility index (Phi) is 7.75. The summed E-state index contributed by atoms with van der Waals surface area (Å²) >= 11 is 3.44. The van der Waals surface area contributed by atoms with Crippen LogP contribution in [0.1, 0.15) is 24.4 Å². The Morgan fingerprint density at radius 3 is 2.45 bits per heavy atom. The standard InChI is InChI=1S/C15H21BrN2O2.2ClH/c1-20-11-8-12(15(19)13(16)9-11)14(10-2-3-10)18-6-4-17-5-7-18;;/h8-10,14,17,19H,2-7H2,1H3;2*1H/t14-;;/m0../s1. The zero-order valence-corrected chi connectivity index (χ0v) is 15.8. The highest BCUT2D eigenvalue weighted by Crippen LogP contribution is 2.49. The third-order valence-electron chi connectivity index (χ3n) is 4.23. The van der Waals surface area contributed by atoms with E-state index in [1.54, 1.807) is 7.11 Å². The van der Waals surface area contributed by atoms with E-state index in [1.807, 2.05) is 12.1 Å². The molecule has 1 saturated carbocycles. The number of phenolic OH excluding ortho intramolecular Hbond substituents is 1. The Balaban J connectivity index is 0.00000121. The Morgan fingerprint density at radius 1 is 1.27 bits per heavy atom. The van der Waals surface area contributed by atoms with Crippen molar-refractivity contribution in [3.63, 3.8) is 0 Å². The van der Waals surface area contributed by atoms with Crippen LogP contribution in [0.25, 0.3) is 0 Å². The SMILES string of the molecule is COc1cc(Br)c(O)c([C@H](C2CC2)N2CCNCC2)c1.Cl.Cl. The van der Waals surface area contributed by atoms with Gasteiger partial charge in [0, 0.05) is 37.8 Å². The third-order valence-corrected chi connectivity index (χ3v) is 4.84. The molecule has 1 aromatic rings. The van der Waals surface area contributed by atoms with Crippen molar-refractivity contribution >= 4 is 40.7 Å². The molecule has 2 fully saturated rings. The van der Waals surface area contributed by atoms with Gasteiger partial charge in [-0.3, -0.25) is 4.90 Å². The second-order valence-electron chi connectivity index (χ2n) is 5.62. The van der Waals surface area contributed by atoms with Crippen molar-refractivity contribution in [1.82, 2.24) is 10.2 Å². The number of nitrogens with zero attached hydrogens (tertiary/aromatic N) is 1. The van der Waals surface area contributed by atoms with Crippen molar-refractivity contribution in [3.05, 3.63) is 22.2 Å². The molecule has 1 aliphatic carbocycles. The molecule has 7 heteroatoms. The molecule has 1 heterocycles. The molecule has 2 aliphatic rings. The highest BCUT2D eigenvalue weighted by molar-refractivity contribution is 9.10. The van der Waals surface area contributed by atoms with E-state index in [0.29, 0.717) is 22.2 Å². The lowest BCUT2D eigenvalue weighted by atomic mass is 9.98. The number of ether oxygens (including phenoxy) is 1. The van der Waals surface area contributed by atoms with E-state index < -0.39 is 0 Å². The molecular weight excluding hydrogens is 391 g/mol. The van der Waals surface area contributed by atoms with Gasteiger partial charge in [0.1, 0.15) is 11.5 Å². The van der Waals surface area contributed by atoms with Gasteiger partial charge in [-0.2, -0.15) is 0 Å². The van der Waals surface area contributed by atoms with E-state index in [0.717, 1.165) is 37.5 Å². The Bertz CT molecular complexity index is 495. The average Bonchev–Trinajstić information content (AvgIpc) is 3.29. The summed E-state index contributed by atoms with van der Waals surface area (Å²) in [6.07, 6.45) is 2.51. The van der Waals surface area contributed by atoms with E-state index in [2.05, 4.69) is 26.1 Å². The number of hydrogen-bond donors (Lipinski definition) is 2. The van der Waals surface area contributed by atoms with Gasteiger partial charge in [0.25, 0.3) is 0 Å². The molecule has 126 valence electrons. The number of piperazine rings is 1. The van der Waals surface area contributed by atoms with Crippen molar-refractivity contribution in [2.45, 2.75) is 18.9 Å². The maximum atomic E-state index is 10.5. The molecule has 1 atom stereocenters. The van der Waals surface area contributed by atoms with Gasteiger partial charge >= 0.3 is 0 Å². The second kappa shape index (κ2) is 8.60. The molecular formula is C15H23BrCl2N2O2. The fourth-order valence-electron chi connectivity index (χ4n) is 3.06. The van der Waals surface area contributed by atoms with Crippen LogP contribution in [0.15, 0.2) is 16.6 Å². The summed E-state index contributed by atoms with van der Waals surface area (Å²) in [7, 11) is 1.67. The van der Waals surface area contributed by atoms with Crippen LogP contribution in [-0.2, 0) is 0 Å². The van der Waals surface area contributed by atoms with Crippen LogP contribution in [0.4, 0.5) is 0 Å². The van der Waals surface area contributed by atoms with Crippen molar-refractivity contribution in [3.8, 4) is 11.5 Å². The summed E-state index contributed by atoms with van der Waals surface area (Å²) < 4.78 is 6.07. The molecule has 3 rings (SSSR count). The number of phenols is 1. The van der Waals surface area contributed by atoms with E-state index in [9.17, 15) is 5.11 Å². The summed E-state index contributed by atoms with van der Waals surface area (Å²) in [6, 6.07) is 4.12. The van der Waals surface area contributed by atoms with Gasteiger partial charge in [0.05, 0.1) is 11.6 Å². The summed E-state index contributed by atoms with van der Waals surface area (Å²) in [4.78, 5) is 2.50. The molecule has 0 unspecified atom stereocenters. The molecule has 0 aromatic heterocycles. The molecule has 1 aliphatic heterocycles. The van der Waals surface area contributed by atoms with Crippen LogP contribution in [0.3, 0.4) is 0 Å². The first-order valence-electron chi connectivity index (χ1n) is 7.22. The molecule has 0 bridgehead atoms. The molecule has 22 heavy (non-hydrogen) atoms. The quantitative estimate of drug-likeness (QED) is 0.794. The van der Waals surface area contributed by atoms with E-state index >= 15 is 0 Å². The Morgan fingerprint density at radius 2 is 1.91 bits per heavy atom. The van der Waals surface area contributed by atoms with E-state index in [-0.39, 0.29) is 24.8 Å². The highest BCUT2D eigenvalue weighted by atomic mass is 79.9. The second-order valence-corrected chi connectivity index (χ2v) is 6.47. The normalized spacial score (nSPS) is 19.7. The summed E-state index contributed by atoms with van der Waals surface area (Å²) in [5, 5.41) is 13.8. The minimum Gasteiger partial charge on any atom is -0.506 e. The van der Waals surface area contributed by atoms with Gasteiger partial charge in [-0.15, -0.1) is 24.8 Å². The lowest BCUT2D eigenvalue weighted by Crippen LogP contribution is -2.45. The lowest BCUT2D eigenvalue weighted by molar-refractivity contribution is 0.153. The van der Waals surface area contributed by atoms with Gasteiger partial charge in [-0.25, -0.2) is 0 Å². The average molecular weight is 414 g/mol. The highest BCUT2D eigenvalue weighted by Gasteiger charge is 2.38. The summed E-state index contributed by atoms with van der Waals surface area (Å²) in [5.74, 6) is 1.82. The van der Waals surface area contributed by atoms with E-state index in [4.69, 9.17) is 4.74 Å². The number of rotatable bonds is 4. The monoisotopic (exact) mass is 412 g/mol. The Labute approximate surface area is 152 Å². The molecule has 0 spiro atoms. The number of nitrogens with one attached hydrogen (secondary N) is 1. The topological polar surface area (TPSA) is 44.7 Å². The van der Waals surface area contributed by atoms with Crippen molar-refractivity contribution in [2.24, 2.45) is 5.92 Å². The van der Waals surface area contributed by atoms with E-state index in [1.165, 1.54) is 12.8 Å². The number of methoxy groups -OCH3 is 1. The van der Waals surface area contributed by atoms with Crippen LogP contribution in [0.5, 0.6) is 11.5 Å². The maximum Gasteiger partial charge on any atom is 0.134 e. The van der Waals surface area contributed by atoms with Gasteiger partial charge in [0.2, 0.25) is 0 Å². The first kappa shape index (κ1) is 19.8. The predicted molar refractivity (Wildman–Crippen MR) is 96.8 cm³/mol. The molecule has 1 saturated heterocycles. The number of hydrogen-bond acceptors (Lipinski definition) is 4. The fourth-order valence-corrected chi connectivity index (χ4v) is 3.51. The molecule has 4 nitrogen and oxygen atoms in total. The third kappa shape index (κ3) is 4.20. The van der Waals surface area contributed by atoms with Crippen LogP contribution in [-0.4, -0.2) is 43.3 Å². The largest absolute Gasteiger partial charge is 0.506 e. The fraction of sp³-hybridized carbons (Fsp3) is 0.600. The Hall–Kier alpha value is -0.200. The van der Waals surface area contributed by atoms with Crippen LogP contribution < -0.4 is 10.1 Å². The molecule has 2 N–H and O–H groups in total. The summed E-state index contributed by atoms with van der Waals surface area (Å²) in [6.45, 7) is 4.12. The smallest absolute Gasteiger partial charge is 0.134 e. The van der Waals surface area contributed by atoms with Gasteiger partial charge in [-0.1, -0.05) is 0 Å². The first-order valence-corrected chi connectivity index (χ1v) is 8.01. The van der Waals surface area contributed by atoms with Gasteiger partial charge in [-0.05, 0) is 46.8 Å². The summed E-state index contributed by atoms with van der Waals surface area (Å²) in [5.41, 5.74) is 1.00. The van der Waals surface area contributed by atoms with Crippen LogP contribution in [0.2, 0.25) is 0 Å². The van der Waals surface area contributed by atoms with Crippen molar-refractivity contribution in [1.29, 1.82) is 0 Å². The minimum absolute atomic E-state index is 0. The van der Waals surface area contributed by atoms with Crippen LogP contribution >= 0.6 is 40.7 Å². The number of benzene rings is 1. The van der Waals surface area contributed by atoms with Gasteiger partial charge in [0.15, 0.2) is 0 Å².